The molecule has 2 aromatic heterocycles. The van der Waals surface area contributed by atoms with Crippen LogP contribution >= 0.6 is 0 Å². The van der Waals surface area contributed by atoms with E-state index in [2.05, 4.69) is 15.3 Å². The second-order valence-electron chi connectivity index (χ2n) is 8.21. The summed E-state index contributed by atoms with van der Waals surface area (Å²) >= 11 is 0. The maximum absolute atomic E-state index is 13.5. The molecule has 0 radical (unpaired) electrons. The number of carbonyl (C=O) groups is 1. The number of amides is 1. The minimum Gasteiger partial charge on any atom is -0.481 e. The zero-order valence-corrected chi connectivity index (χ0v) is 17.5. The summed E-state index contributed by atoms with van der Waals surface area (Å²) in [5.74, 6) is 1.39. The molecular weight excluding hydrogens is 380 g/mol. The van der Waals surface area contributed by atoms with Crippen molar-refractivity contribution in [2.45, 2.75) is 50.7 Å². The monoisotopic (exact) mass is 410 g/mol. The average Bonchev–Trinajstić information content (AvgIpc) is 2.81. The first-order chi connectivity index (χ1) is 14.7. The van der Waals surface area contributed by atoms with Gasteiger partial charge in [0.1, 0.15) is 5.82 Å². The number of anilines is 1. The van der Waals surface area contributed by atoms with Gasteiger partial charge >= 0.3 is 0 Å². The van der Waals surface area contributed by atoms with Crippen LogP contribution in [0.3, 0.4) is 0 Å². The van der Waals surface area contributed by atoms with E-state index in [1.54, 1.807) is 19.5 Å². The summed E-state index contributed by atoms with van der Waals surface area (Å²) in [4.78, 5) is 24.3. The summed E-state index contributed by atoms with van der Waals surface area (Å²) in [7, 11) is 1.59. The lowest BCUT2D eigenvalue weighted by molar-refractivity contribution is -0.123. The van der Waals surface area contributed by atoms with Crippen molar-refractivity contribution >= 4 is 11.7 Å². The number of methoxy groups -OCH3 is 1. The van der Waals surface area contributed by atoms with Crippen LogP contribution < -0.4 is 15.0 Å². The summed E-state index contributed by atoms with van der Waals surface area (Å²) in [5.41, 5.74) is 1.89. The van der Waals surface area contributed by atoms with Crippen LogP contribution in [-0.2, 0) is 4.79 Å². The number of aliphatic hydroxyl groups excluding tert-OH is 1. The minimum absolute atomic E-state index is 0.0159. The Morgan fingerprint density at radius 3 is 2.37 bits per heavy atom. The number of nitrogens with one attached hydrogen (secondary N) is 1. The van der Waals surface area contributed by atoms with E-state index in [1.165, 1.54) is 0 Å². The number of aliphatic hydroxyl groups is 1. The zero-order valence-electron chi connectivity index (χ0n) is 17.5. The summed E-state index contributed by atoms with van der Waals surface area (Å²) < 4.78 is 5.12. The van der Waals surface area contributed by atoms with Crippen molar-refractivity contribution in [2.24, 2.45) is 5.92 Å². The zero-order chi connectivity index (χ0) is 20.9. The molecular formula is C23H30N4O3. The highest BCUT2D eigenvalue weighted by Crippen LogP contribution is 2.30. The Labute approximate surface area is 177 Å². The van der Waals surface area contributed by atoms with E-state index in [4.69, 9.17) is 4.74 Å². The van der Waals surface area contributed by atoms with Gasteiger partial charge < -0.3 is 15.2 Å². The van der Waals surface area contributed by atoms with Gasteiger partial charge in [0.05, 0.1) is 19.1 Å². The van der Waals surface area contributed by atoms with Crippen LogP contribution in [0.5, 0.6) is 5.88 Å². The number of pyridine rings is 2. The maximum atomic E-state index is 13.5. The van der Waals surface area contributed by atoms with Crippen LogP contribution in [0.4, 0.5) is 5.82 Å². The van der Waals surface area contributed by atoms with Gasteiger partial charge in [-0.1, -0.05) is 0 Å². The molecule has 1 aliphatic heterocycles. The van der Waals surface area contributed by atoms with Crippen molar-refractivity contribution in [1.82, 2.24) is 15.3 Å². The van der Waals surface area contributed by atoms with Crippen molar-refractivity contribution in [2.75, 3.05) is 25.1 Å². The molecule has 3 heterocycles. The molecule has 1 saturated heterocycles. The third kappa shape index (κ3) is 4.63. The molecule has 2 aliphatic rings. The van der Waals surface area contributed by atoms with Crippen molar-refractivity contribution < 1.29 is 14.6 Å². The molecule has 2 fully saturated rings. The van der Waals surface area contributed by atoms with Gasteiger partial charge in [-0.05, 0) is 63.3 Å². The predicted molar refractivity (Wildman–Crippen MR) is 115 cm³/mol. The Bertz CT molecular complexity index is 827. The molecule has 0 bridgehead atoms. The van der Waals surface area contributed by atoms with Crippen molar-refractivity contribution in [3.8, 4) is 17.0 Å². The largest absolute Gasteiger partial charge is 0.481 e. The SMILES string of the molecule is COc1ccc(-c2ccc(N(C(=O)[C@H]3CCCNC3)C3CCC(O)CC3)nc2)cn1. The molecule has 160 valence electrons. The smallest absolute Gasteiger partial charge is 0.232 e. The van der Waals surface area contributed by atoms with Gasteiger partial charge in [-0.15, -0.1) is 0 Å². The van der Waals surface area contributed by atoms with Crippen molar-refractivity contribution in [1.29, 1.82) is 0 Å². The normalized spacial score (nSPS) is 24.3. The Morgan fingerprint density at radius 2 is 1.80 bits per heavy atom. The van der Waals surface area contributed by atoms with E-state index in [0.717, 1.165) is 62.7 Å². The van der Waals surface area contributed by atoms with Crippen molar-refractivity contribution in [3.63, 3.8) is 0 Å². The van der Waals surface area contributed by atoms with Gasteiger partial charge in [-0.2, -0.15) is 0 Å². The first-order valence-electron chi connectivity index (χ1n) is 10.8. The second-order valence-corrected chi connectivity index (χ2v) is 8.21. The number of hydrogen-bond acceptors (Lipinski definition) is 6. The Hall–Kier alpha value is -2.51. The number of carbonyl (C=O) groups excluding carboxylic acids is 1. The number of ether oxygens (including phenoxy) is 1. The van der Waals surface area contributed by atoms with Crippen LogP contribution in [0.2, 0.25) is 0 Å². The number of aromatic nitrogens is 2. The molecule has 1 aliphatic carbocycles. The summed E-state index contributed by atoms with van der Waals surface area (Å²) in [5, 5.41) is 13.3. The summed E-state index contributed by atoms with van der Waals surface area (Å²) in [6.07, 6.45) is 8.30. The lowest BCUT2D eigenvalue weighted by Crippen LogP contribution is -2.49. The van der Waals surface area contributed by atoms with Crippen LogP contribution in [-0.4, -0.2) is 53.3 Å². The molecule has 4 rings (SSSR count). The molecule has 1 saturated carbocycles. The Morgan fingerprint density at radius 1 is 1.07 bits per heavy atom. The lowest BCUT2D eigenvalue weighted by atomic mass is 9.90. The van der Waals surface area contributed by atoms with Gasteiger partial charge in [0.2, 0.25) is 11.8 Å². The first kappa shape index (κ1) is 20.8. The Balaban J connectivity index is 1.58. The molecule has 0 unspecified atom stereocenters. The van der Waals surface area contributed by atoms with Gasteiger partial charge in [0.25, 0.3) is 0 Å². The third-order valence-corrected chi connectivity index (χ3v) is 6.19. The topological polar surface area (TPSA) is 87.6 Å². The fraction of sp³-hybridized carbons (Fsp3) is 0.522. The molecule has 0 spiro atoms. The molecule has 7 heteroatoms. The van der Waals surface area contributed by atoms with E-state index in [0.29, 0.717) is 11.7 Å². The highest BCUT2D eigenvalue weighted by molar-refractivity contribution is 5.95. The predicted octanol–water partition coefficient (Wildman–Crippen LogP) is 2.79. The Kier molecular flexibility index (Phi) is 6.59. The number of hydrogen-bond donors (Lipinski definition) is 2. The fourth-order valence-electron chi connectivity index (χ4n) is 4.43. The first-order valence-corrected chi connectivity index (χ1v) is 10.8. The second kappa shape index (κ2) is 9.53. The fourth-order valence-corrected chi connectivity index (χ4v) is 4.43. The van der Waals surface area contributed by atoms with E-state index in [-0.39, 0.29) is 24.0 Å². The van der Waals surface area contributed by atoms with E-state index < -0.39 is 0 Å². The van der Waals surface area contributed by atoms with Crippen LogP contribution in [0, 0.1) is 5.92 Å². The highest BCUT2D eigenvalue weighted by Gasteiger charge is 2.34. The van der Waals surface area contributed by atoms with Gasteiger partial charge in [0.15, 0.2) is 0 Å². The van der Waals surface area contributed by atoms with Gasteiger partial charge in [-0.3, -0.25) is 9.69 Å². The van der Waals surface area contributed by atoms with E-state index >= 15 is 0 Å². The molecule has 7 nitrogen and oxygen atoms in total. The van der Waals surface area contributed by atoms with Crippen molar-refractivity contribution in [3.05, 3.63) is 36.7 Å². The molecule has 2 N–H and O–H groups in total. The summed E-state index contributed by atoms with van der Waals surface area (Å²) in [6.45, 7) is 1.70. The van der Waals surface area contributed by atoms with E-state index in [1.807, 2.05) is 29.2 Å². The highest BCUT2D eigenvalue weighted by atomic mass is 16.5. The number of piperidine rings is 1. The molecule has 1 amide bonds. The standard InChI is InChI=1S/C23H30N4O3/c1-30-22-11-5-17(15-26-22)16-4-10-21(25-14-16)27(19-6-8-20(28)9-7-19)23(29)18-3-2-12-24-13-18/h4-5,10-11,14-15,18-20,24,28H,2-3,6-9,12-13H2,1H3/t18-,19?,20?/m0/s1. The van der Waals surface area contributed by atoms with Crippen LogP contribution in [0.25, 0.3) is 11.1 Å². The van der Waals surface area contributed by atoms with Crippen LogP contribution in [0.15, 0.2) is 36.7 Å². The van der Waals surface area contributed by atoms with Gasteiger partial charge in [-0.25, -0.2) is 9.97 Å². The number of nitrogens with zero attached hydrogens (tertiary/aromatic N) is 3. The number of rotatable bonds is 5. The lowest BCUT2D eigenvalue weighted by Gasteiger charge is -2.37. The quantitative estimate of drug-likeness (QED) is 0.788. The van der Waals surface area contributed by atoms with E-state index in [9.17, 15) is 9.90 Å². The van der Waals surface area contributed by atoms with Crippen LogP contribution in [0.1, 0.15) is 38.5 Å². The molecule has 0 aromatic carbocycles. The molecule has 30 heavy (non-hydrogen) atoms. The minimum atomic E-state index is -0.257. The third-order valence-electron chi connectivity index (χ3n) is 6.19. The maximum Gasteiger partial charge on any atom is 0.232 e. The average molecular weight is 411 g/mol. The van der Waals surface area contributed by atoms with Gasteiger partial charge in [0, 0.05) is 42.2 Å². The molecule has 2 aromatic rings. The molecule has 1 atom stereocenters. The summed E-state index contributed by atoms with van der Waals surface area (Å²) in [6, 6.07) is 7.77.